The van der Waals surface area contributed by atoms with E-state index >= 15 is 0 Å². The first kappa shape index (κ1) is 21.4. The normalized spacial score (nSPS) is 20.3. The van der Waals surface area contributed by atoms with Gasteiger partial charge in [-0.25, -0.2) is 4.79 Å². The highest BCUT2D eigenvalue weighted by Crippen LogP contribution is 2.37. The van der Waals surface area contributed by atoms with Crippen LogP contribution in [0.4, 0.5) is 4.79 Å². The second kappa shape index (κ2) is 8.86. The highest BCUT2D eigenvalue weighted by molar-refractivity contribution is 6.04. The van der Waals surface area contributed by atoms with Gasteiger partial charge >= 0.3 is 18.0 Å². The quantitative estimate of drug-likeness (QED) is 0.545. The average Bonchev–Trinajstić information content (AvgIpc) is 2.94. The number of esters is 2. The molecule has 3 atom stereocenters. The largest absolute Gasteiger partial charge is 0.468 e. The molecule has 28 heavy (non-hydrogen) atoms. The molecule has 1 aliphatic heterocycles. The number of likely N-dealkylation sites (N-methyl/N-ethyl adjacent to an activating group) is 1. The number of urea groups is 1. The van der Waals surface area contributed by atoms with E-state index in [9.17, 15) is 19.2 Å². The summed E-state index contributed by atoms with van der Waals surface area (Å²) in [4.78, 5) is 53.3. The van der Waals surface area contributed by atoms with Crippen LogP contribution in [0.3, 0.4) is 0 Å². The molecule has 0 N–H and O–H groups in total. The molecule has 0 aliphatic carbocycles. The number of methoxy groups -OCH3 is 2. The average molecular weight is 390 g/mol. The second-order valence-corrected chi connectivity index (χ2v) is 6.74. The molecule has 0 radical (unpaired) electrons. The summed E-state index contributed by atoms with van der Waals surface area (Å²) in [5, 5.41) is 0. The van der Waals surface area contributed by atoms with Crippen molar-refractivity contribution in [2.24, 2.45) is 11.8 Å². The summed E-state index contributed by atoms with van der Waals surface area (Å²) in [7, 11) is 3.90. The summed E-state index contributed by atoms with van der Waals surface area (Å²) in [6, 6.07) is 7.91. The molecule has 8 heteroatoms. The van der Waals surface area contributed by atoms with Crippen LogP contribution in [0.5, 0.6) is 0 Å². The van der Waals surface area contributed by atoms with E-state index in [1.165, 1.54) is 4.90 Å². The Morgan fingerprint density at radius 3 is 2.07 bits per heavy atom. The Hall–Kier alpha value is -2.90. The Kier molecular flexibility index (Phi) is 6.77. The third-order valence-corrected chi connectivity index (χ3v) is 5.30. The van der Waals surface area contributed by atoms with Gasteiger partial charge in [-0.1, -0.05) is 37.3 Å². The molecule has 8 nitrogen and oxygen atoms in total. The molecule has 1 saturated heterocycles. The summed E-state index contributed by atoms with van der Waals surface area (Å²) < 4.78 is 9.41. The van der Waals surface area contributed by atoms with Gasteiger partial charge in [0, 0.05) is 7.05 Å². The summed E-state index contributed by atoms with van der Waals surface area (Å²) in [6.45, 7) is 3.52. The van der Waals surface area contributed by atoms with E-state index < -0.39 is 41.8 Å². The lowest BCUT2D eigenvalue weighted by Crippen LogP contribution is -2.46. The van der Waals surface area contributed by atoms with Gasteiger partial charge in [-0.3, -0.25) is 19.3 Å². The Bertz CT molecular complexity index is 734. The third-order valence-electron chi connectivity index (χ3n) is 5.30. The number of carbonyl (C=O) groups is 4. The van der Waals surface area contributed by atoms with Gasteiger partial charge in [0.2, 0.25) is 5.91 Å². The monoisotopic (exact) mass is 390 g/mol. The molecule has 1 aromatic rings. The number of nitrogens with zero attached hydrogens (tertiary/aromatic N) is 2. The minimum Gasteiger partial charge on any atom is -0.468 e. The molecule has 2 rings (SSSR count). The van der Waals surface area contributed by atoms with Crippen LogP contribution in [0.25, 0.3) is 0 Å². The summed E-state index contributed by atoms with van der Waals surface area (Å²) in [6.07, 6.45) is 0.164. The fourth-order valence-corrected chi connectivity index (χ4v) is 3.61. The van der Waals surface area contributed by atoms with Gasteiger partial charge in [0.05, 0.1) is 32.2 Å². The number of imide groups is 1. The van der Waals surface area contributed by atoms with Crippen LogP contribution in [0.2, 0.25) is 0 Å². The van der Waals surface area contributed by atoms with Gasteiger partial charge in [0.1, 0.15) is 0 Å². The van der Waals surface area contributed by atoms with Crippen LogP contribution in [-0.4, -0.2) is 61.0 Å². The number of carbonyl (C=O) groups excluding carboxylic acids is 4. The predicted molar refractivity (Wildman–Crippen MR) is 100.0 cm³/mol. The van der Waals surface area contributed by atoms with Gasteiger partial charge in [-0.2, -0.15) is 0 Å². The molecule has 3 amide bonds. The van der Waals surface area contributed by atoms with Crippen molar-refractivity contribution in [3.8, 4) is 0 Å². The maximum Gasteiger partial charge on any atom is 0.327 e. The van der Waals surface area contributed by atoms with Crippen molar-refractivity contribution < 1.29 is 28.7 Å². The lowest BCUT2D eigenvalue weighted by Gasteiger charge is -2.29. The number of hydrogen-bond acceptors (Lipinski definition) is 6. The summed E-state index contributed by atoms with van der Waals surface area (Å²) in [5.74, 6) is -4.84. The lowest BCUT2D eigenvalue weighted by atomic mass is 9.87. The fourth-order valence-electron chi connectivity index (χ4n) is 3.61. The standard InChI is InChI=1S/C20H26N2O6/c1-6-14(15(18(24)27-4)19(25)28-5)17(23)22-16(12(2)21(3)20(22)26)13-10-8-7-9-11-13/h7-12,14-16H,6H2,1-5H3/t12-,14+,16-/m0/s1. The number of ether oxygens (including phenoxy) is 2. The maximum atomic E-state index is 13.4. The third kappa shape index (κ3) is 3.72. The first-order chi connectivity index (χ1) is 13.3. The van der Waals surface area contributed by atoms with E-state index in [2.05, 4.69) is 0 Å². The zero-order valence-corrected chi connectivity index (χ0v) is 16.7. The van der Waals surface area contributed by atoms with Crippen LogP contribution < -0.4 is 0 Å². The van der Waals surface area contributed by atoms with E-state index in [0.29, 0.717) is 0 Å². The molecule has 0 bridgehead atoms. The first-order valence-electron chi connectivity index (χ1n) is 9.10. The van der Waals surface area contributed by atoms with Crippen LogP contribution in [0, 0.1) is 11.8 Å². The van der Waals surface area contributed by atoms with E-state index in [1.54, 1.807) is 14.0 Å². The molecular weight excluding hydrogens is 364 g/mol. The molecule has 0 saturated carbocycles. The molecular formula is C20H26N2O6. The van der Waals surface area contributed by atoms with Crippen molar-refractivity contribution in [3.05, 3.63) is 35.9 Å². The molecule has 1 aromatic carbocycles. The molecule has 1 fully saturated rings. The van der Waals surface area contributed by atoms with Crippen molar-refractivity contribution in [1.82, 2.24) is 9.80 Å². The Morgan fingerprint density at radius 1 is 1.07 bits per heavy atom. The second-order valence-electron chi connectivity index (χ2n) is 6.74. The molecule has 1 heterocycles. The summed E-state index contributed by atoms with van der Waals surface area (Å²) in [5.41, 5.74) is 0.795. The van der Waals surface area contributed by atoms with Crippen molar-refractivity contribution >= 4 is 23.9 Å². The zero-order valence-electron chi connectivity index (χ0n) is 16.7. The van der Waals surface area contributed by atoms with Crippen molar-refractivity contribution in [3.63, 3.8) is 0 Å². The van der Waals surface area contributed by atoms with E-state index in [-0.39, 0.29) is 12.5 Å². The van der Waals surface area contributed by atoms with Crippen LogP contribution >= 0.6 is 0 Å². The van der Waals surface area contributed by atoms with Gasteiger partial charge in [0.15, 0.2) is 5.92 Å². The van der Waals surface area contributed by atoms with E-state index in [0.717, 1.165) is 24.7 Å². The smallest absolute Gasteiger partial charge is 0.327 e. The summed E-state index contributed by atoms with van der Waals surface area (Å²) >= 11 is 0. The zero-order chi connectivity index (χ0) is 21.0. The van der Waals surface area contributed by atoms with Crippen molar-refractivity contribution in [2.45, 2.75) is 32.4 Å². The molecule has 0 aromatic heterocycles. The van der Waals surface area contributed by atoms with Crippen LogP contribution in [-0.2, 0) is 23.9 Å². The van der Waals surface area contributed by atoms with Crippen LogP contribution in [0.15, 0.2) is 30.3 Å². The van der Waals surface area contributed by atoms with Crippen molar-refractivity contribution in [2.75, 3.05) is 21.3 Å². The lowest BCUT2D eigenvalue weighted by molar-refractivity contribution is -0.165. The van der Waals surface area contributed by atoms with Crippen molar-refractivity contribution in [1.29, 1.82) is 0 Å². The van der Waals surface area contributed by atoms with E-state index in [4.69, 9.17) is 9.47 Å². The predicted octanol–water partition coefficient (Wildman–Crippen LogP) is 2.00. The van der Waals surface area contributed by atoms with Gasteiger partial charge < -0.3 is 14.4 Å². The number of benzene rings is 1. The minimum atomic E-state index is -1.43. The van der Waals surface area contributed by atoms with Crippen LogP contribution in [0.1, 0.15) is 31.9 Å². The van der Waals surface area contributed by atoms with Gasteiger partial charge in [-0.05, 0) is 18.9 Å². The number of hydrogen-bond donors (Lipinski definition) is 0. The molecule has 0 spiro atoms. The Morgan fingerprint density at radius 2 is 1.61 bits per heavy atom. The molecule has 152 valence electrons. The maximum absolute atomic E-state index is 13.4. The minimum absolute atomic E-state index is 0.164. The fraction of sp³-hybridized carbons (Fsp3) is 0.500. The number of rotatable bonds is 6. The topological polar surface area (TPSA) is 93.2 Å². The van der Waals surface area contributed by atoms with Gasteiger partial charge in [0.25, 0.3) is 0 Å². The molecule has 1 aliphatic rings. The Labute approximate surface area is 164 Å². The highest BCUT2D eigenvalue weighted by Gasteiger charge is 2.50. The first-order valence-corrected chi connectivity index (χ1v) is 9.10. The SMILES string of the molecule is CC[C@@H](C(=O)N1C(=O)N(C)[C@@H](C)[C@H]1c1ccccc1)C(C(=O)OC)C(=O)OC. The number of amides is 3. The molecule has 0 unspecified atom stereocenters. The van der Waals surface area contributed by atoms with E-state index in [1.807, 2.05) is 37.3 Å². The Balaban J connectivity index is 2.48. The highest BCUT2D eigenvalue weighted by atomic mass is 16.5. The van der Waals surface area contributed by atoms with Gasteiger partial charge in [-0.15, -0.1) is 0 Å².